The van der Waals surface area contributed by atoms with Crippen LogP contribution in [0.3, 0.4) is 0 Å². The Bertz CT molecular complexity index is 1850. The number of nitrogens with zero attached hydrogens (tertiary/aromatic N) is 3. The molecule has 0 spiro atoms. The molecule has 0 aliphatic carbocycles. The highest BCUT2D eigenvalue weighted by Gasteiger charge is 2.33. The highest BCUT2D eigenvalue weighted by atomic mass is 35.5. The van der Waals surface area contributed by atoms with E-state index < -0.39 is 12.4 Å². The lowest BCUT2D eigenvalue weighted by atomic mass is 9.98. The number of hydrogen-bond acceptors (Lipinski definition) is 6. The predicted molar refractivity (Wildman–Crippen MR) is 168 cm³/mol. The van der Waals surface area contributed by atoms with E-state index in [0.29, 0.717) is 38.7 Å². The first-order valence-corrected chi connectivity index (χ1v) is 14.9. The third-order valence-corrected chi connectivity index (χ3v) is 8.35. The van der Waals surface area contributed by atoms with E-state index >= 15 is 0 Å². The van der Waals surface area contributed by atoms with Crippen molar-refractivity contribution in [1.29, 1.82) is 0 Å². The molecule has 0 saturated carbocycles. The number of rotatable bonds is 7. The molecular formula is C32H28Cl2F3N5O4. The number of carbonyl (C=O) groups excluding carboxylic acids is 2. The summed E-state index contributed by atoms with van der Waals surface area (Å²) < 4.78 is 43.3. The molecule has 1 aliphatic rings. The summed E-state index contributed by atoms with van der Waals surface area (Å²) in [4.78, 5) is 46.2. The summed E-state index contributed by atoms with van der Waals surface area (Å²) >= 11 is 12.2. The molecule has 0 saturated heterocycles. The van der Waals surface area contributed by atoms with Gasteiger partial charge in [0.15, 0.2) is 0 Å². The molecular weight excluding hydrogens is 646 g/mol. The Morgan fingerprint density at radius 2 is 1.65 bits per heavy atom. The van der Waals surface area contributed by atoms with E-state index in [-0.39, 0.29) is 53.1 Å². The quantitative estimate of drug-likeness (QED) is 0.230. The van der Waals surface area contributed by atoms with E-state index in [9.17, 15) is 27.6 Å². The van der Waals surface area contributed by atoms with Gasteiger partial charge in [-0.2, -0.15) is 0 Å². The molecule has 46 heavy (non-hydrogen) atoms. The van der Waals surface area contributed by atoms with Gasteiger partial charge in [-0.3, -0.25) is 14.4 Å². The van der Waals surface area contributed by atoms with Crippen LogP contribution in [-0.2, 0) is 13.0 Å². The van der Waals surface area contributed by atoms with Crippen LogP contribution in [0.15, 0.2) is 71.5 Å². The Morgan fingerprint density at radius 3 is 2.26 bits per heavy atom. The fraction of sp³-hybridized carbons (Fsp3) is 0.250. The van der Waals surface area contributed by atoms with Crippen molar-refractivity contribution >= 4 is 41.0 Å². The van der Waals surface area contributed by atoms with Crippen LogP contribution < -0.4 is 20.9 Å². The number of amides is 2. The first kappa shape index (κ1) is 32.8. The van der Waals surface area contributed by atoms with Gasteiger partial charge in [0.25, 0.3) is 17.4 Å². The van der Waals surface area contributed by atoms with Gasteiger partial charge in [0.2, 0.25) is 5.95 Å². The molecule has 3 aromatic carbocycles. The van der Waals surface area contributed by atoms with E-state index in [1.54, 1.807) is 42.2 Å². The molecule has 0 fully saturated rings. The Morgan fingerprint density at radius 1 is 1.00 bits per heavy atom. The highest BCUT2D eigenvalue weighted by molar-refractivity contribution is 6.42. The molecule has 5 rings (SSSR count). The highest BCUT2D eigenvalue weighted by Crippen LogP contribution is 2.29. The van der Waals surface area contributed by atoms with Gasteiger partial charge in [0.05, 0.1) is 34.0 Å². The van der Waals surface area contributed by atoms with Gasteiger partial charge in [-0.25, -0.2) is 9.55 Å². The van der Waals surface area contributed by atoms with Crippen molar-refractivity contribution in [1.82, 2.24) is 19.8 Å². The Labute approximate surface area is 271 Å². The van der Waals surface area contributed by atoms with Gasteiger partial charge in [0.1, 0.15) is 5.75 Å². The number of nitrogens with one attached hydrogen (secondary N) is 2. The fourth-order valence-electron chi connectivity index (χ4n) is 5.20. The monoisotopic (exact) mass is 673 g/mol. The molecule has 2 heterocycles. The smallest absolute Gasteiger partial charge is 0.406 e. The molecule has 9 nitrogen and oxygen atoms in total. The van der Waals surface area contributed by atoms with Crippen molar-refractivity contribution in [2.45, 2.75) is 45.3 Å². The Kier molecular flexibility index (Phi) is 9.32. The average molecular weight is 675 g/mol. The third kappa shape index (κ3) is 6.97. The maximum atomic E-state index is 14.1. The van der Waals surface area contributed by atoms with E-state index in [0.717, 1.165) is 0 Å². The van der Waals surface area contributed by atoms with Gasteiger partial charge in [0, 0.05) is 29.8 Å². The molecule has 1 aromatic heterocycles. The van der Waals surface area contributed by atoms with Gasteiger partial charge in [-0.15, -0.1) is 13.2 Å². The predicted octanol–water partition coefficient (Wildman–Crippen LogP) is 6.56. The van der Waals surface area contributed by atoms with Crippen LogP contribution in [0.2, 0.25) is 10.0 Å². The summed E-state index contributed by atoms with van der Waals surface area (Å²) in [6.07, 6.45) is -4.60. The molecule has 14 heteroatoms. The number of carbonyl (C=O) groups is 2. The van der Waals surface area contributed by atoms with Crippen LogP contribution in [0.4, 0.5) is 19.1 Å². The van der Waals surface area contributed by atoms with E-state index in [2.05, 4.69) is 15.4 Å². The van der Waals surface area contributed by atoms with Crippen molar-refractivity contribution in [2.75, 3.05) is 12.4 Å². The van der Waals surface area contributed by atoms with Crippen molar-refractivity contribution < 1.29 is 27.5 Å². The van der Waals surface area contributed by atoms with Gasteiger partial charge in [-0.1, -0.05) is 35.3 Å². The lowest BCUT2D eigenvalue weighted by Gasteiger charge is -2.35. The maximum absolute atomic E-state index is 14.1. The zero-order valence-corrected chi connectivity index (χ0v) is 26.3. The molecule has 2 amide bonds. The normalized spacial score (nSPS) is 15.1. The minimum Gasteiger partial charge on any atom is -0.406 e. The first-order valence-electron chi connectivity index (χ1n) is 14.1. The van der Waals surface area contributed by atoms with Crippen LogP contribution in [0.25, 0.3) is 5.69 Å². The van der Waals surface area contributed by atoms with Crippen molar-refractivity contribution in [3.05, 3.63) is 115 Å². The van der Waals surface area contributed by atoms with Crippen LogP contribution in [0, 0.1) is 0 Å². The van der Waals surface area contributed by atoms with Crippen molar-refractivity contribution in [3.8, 4) is 11.4 Å². The second kappa shape index (κ2) is 13.1. The van der Waals surface area contributed by atoms with Crippen molar-refractivity contribution in [2.24, 2.45) is 0 Å². The molecule has 240 valence electrons. The number of aromatic nitrogens is 2. The van der Waals surface area contributed by atoms with Crippen LogP contribution in [0.5, 0.6) is 5.75 Å². The Hall–Kier alpha value is -4.55. The Balaban J connectivity index is 1.54. The number of hydrogen-bond donors (Lipinski definition) is 2. The fourth-order valence-corrected chi connectivity index (χ4v) is 5.50. The number of anilines is 1. The summed E-state index contributed by atoms with van der Waals surface area (Å²) in [6.45, 7) is 3.63. The number of alkyl halides is 3. The zero-order chi connectivity index (χ0) is 33.3. The second-order valence-electron chi connectivity index (χ2n) is 10.7. The van der Waals surface area contributed by atoms with Gasteiger partial charge >= 0.3 is 6.36 Å². The summed E-state index contributed by atoms with van der Waals surface area (Å²) in [7, 11) is 1.51. The van der Waals surface area contributed by atoms with Gasteiger partial charge in [-0.05, 0) is 80.4 Å². The minimum absolute atomic E-state index is 0.0355. The summed E-state index contributed by atoms with van der Waals surface area (Å²) in [5, 5.41) is 6.31. The van der Waals surface area contributed by atoms with Crippen LogP contribution >= 0.6 is 23.2 Å². The standard InChI is InChI=1S/C32H28Cl2F3N5O4/c1-17-14-24-27(16-41(17)29(44)21-8-13-25(33)26(34)15-21)40-31(39-18(2)19-6-11-23(12-7-19)46-32(35,36)37)42(30(24)45)22-9-4-20(5-10-22)28(43)38-3/h4-13,15,17-18H,14,16H2,1-3H3,(H,38,43)(H,39,40)/t17-,18+/m1/s1. The number of ether oxygens (including phenoxy) is 1. The molecule has 2 N–H and O–H groups in total. The maximum Gasteiger partial charge on any atom is 0.573 e. The molecule has 0 bridgehead atoms. The SMILES string of the molecule is CNC(=O)c1ccc(-n2c(N[C@@H](C)c3ccc(OC(F)(F)F)cc3)nc3c(c2=O)C[C@@H](C)N(C(=O)c2ccc(Cl)c(Cl)c2)C3)cc1. The molecule has 0 radical (unpaired) electrons. The summed E-state index contributed by atoms with van der Waals surface area (Å²) in [5.41, 5.74) is 2.19. The third-order valence-electron chi connectivity index (χ3n) is 7.62. The van der Waals surface area contributed by atoms with E-state index in [4.69, 9.17) is 28.2 Å². The zero-order valence-electron chi connectivity index (χ0n) is 24.8. The number of fused-ring (bicyclic) bond motifs is 1. The summed E-state index contributed by atoms with van der Waals surface area (Å²) in [6, 6.07) is 15.4. The second-order valence-corrected chi connectivity index (χ2v) is 11.5. The molecule has 2 atom stereocenters. The van der Waals surface area contributed by atoms with Crippen LogP contribution in [-0.4, -0.2) is 45.7 Å². The van der Waals surface area contributed by atoms with E-state index in [1.165, 1.54) is 48.0 Å². The number of halogens is 5. The minimum atomic E-state index is -4.82. The summed E-state index contributed by atoms with van der Waals surface area (Å²) in [5.74, 6) is -0.843. The molecule has 4 aromatic rings. The lowest BCUT2D eigenvalue weighted by Crippen LogP contribution is -2.46. The average Bonchev–Trinajstić information content (AvgIpc) is 3.01. The topological polar surface area (TPSA) is 106 Å². The van der Waals surface area contributed by atoms with Crippen molar-refractivity contribution in [3.63, 3.8) is 0 Å². The number of benzene rings is 3. The lowest BCUT2D eigenvalue weighted by molar-refractivity contribution is -0.274. The molecule has 0 unspecified atom stereocenters. The first-order chi connectivity index (χ1) is 21.8. The van der Waals surface area contributed by atoms with Crippen LogP contribution in [0.1, 0.15) is 57.4 Å². The van der Waals surface area contributed by atoms with E-state index in [1.807, 2.05) is 6.92 Å². The largest absolute Gasteiger partial charge is 0.573 e. The van der Waals surface area contributed by atoms with Gasteiger partial charge < -0.3 is 20.3 Å². The molecule has 1 aliphatic heterocycles.